The Morgan fingerprint density at radius 1 is 0.875 bits per heavy atom. The lowest BCUT2D eigenvalue weighted by Crippen LogP contribution is -2.07. The van der Waals surface area contributed by atoms with Gasteiger partial charge in [0.05, 0.1) is 11.2 Å². The van der Waals surface area contributed by atoms with E-state index in [1.54, 1.807) is 6.07 Å². The van der Waals surface area contributed by atoms with Crippen LogP contribution in [0.1, 0.15) is 0 Å². The summed E-state index contributed by atoms with van der Waals surface area (Å²) in [4.78, 5) is 14.7. The lowest BCUT2D eigenvalue weighted by atomic mass is 10.1. The molecule has 0 fully saturated rings. The average molecular weight is 210 g/mol. The largest absolute Gasteiger partial charge is 0.397 e. The van der Waals surface area contributed by atoms with Crippen LogP contribution in [0.4, 0.5) is 5.69 Å². The number of fused-ring (bicyclic) bond motifs is 3. The summed E-state index contributed by atoms with van der Waals surface area (Å²) >= 11 is 0. The molecule has 1 heterocycles. The first-order valence-corrected chi connectivity index (χ1v) is 5.06. The molecule has 0 unspecified atom stereocenters. The van der Waals surface area contributed by atoms with Gasteiger partial charge in [-0.15, -0.1) is 0 Å². The highest BCUT2D eigenvalue weighted by Gasteiger charge is 2.05. The van der Waals surface area contributed by atoms with Crippen molar-refractivity contribution in [3.05, 3.63) is 52.8 Å². The van der Waals surface area contributed by atoms with Crippen molar-refractivity contribution in [2.45, 2.75) is 0 Å². The highest BCUT2D eigenvalue weighted by Crippen LogP contribution is 2.24. The lowest BCUT2D eigenvalue weighted by Gasteiger charge is -2.05. The molecular formula is C13H10N2O. The molecule has 3 heteroatoms. The molecule has 0 atom stereocenters. The number of rotatable bonds is 0. The lowest BCUT2D eigenvalue weighted by molar-refractivity contribution is 1.34. The maximum Gasteiger partial charge on any atom is 0.256 e. The van der Waals surface area contributed by atoms with Crippen molar-refractivity contribution in [1.82, 2.24) is 4.98 Å². The number of para-hydroxylation sites is 1. The van der Waals surface area contributed by atoms with Gasteiger partial charge in [0, 0.05) is 10.8 Å². The number of H-pyrrole nitrogens is 1. The van der Waals surface area contributed by atoms with Gasteiger partial charge in [-0.2, -0.15) is 0 Å². The van der Waals surface area contributed by atoms with Gasteiger partial charge >= 0.3 is 0 Å². The van der Waals surface area contributed by atoms with Gasteiger partial charge in [0.1, 0.15) is 0 Å². The Labute approximate surface area is 91.5 Å². The summed E-state index contributed by atoms with van der Waals surface area (Å²) < 4.78 is 0. The Kier molecular flexibility index (Phi) is 1.74. The molecule has 3 aromatic rings. The minimum atomic E-state index is -0.0963. The molecule has 2 aromatic carbocycles. The van der Waals surface area contributed by atoms with E-state index in [1.807, 2.05) is 36.4 Å². The normalized spacial score (nSPS) is 11.0. The van der Waals surface area contributed by atoms with Crippen LogP contribution in [0.2, 0.25) is 0 Å². The van der Waals surface area contributed by atoms with Crippen molar-refractivity contribution in [1.29, 1.82) is 0 Å². The van der Waals surface area contributed by atoms with Crippen LogP contribution in [0.25, 0.3) is 21.7 Å². The van der Waals surface area contributed by atoms with Crippen molar-refractivity contribution >= 4 is 27.4 Å². The van der Waals surface area contributed by atoms with Crippen LogP contribution in [0.15, 0.2) is 47.3 Å². The number of nitrogens with two attached hydrogens (primary N) is 1. The van der Waals surface area contributed by atoms with Gasteiger partial charge in [0.15, 0.2) is 0 Å². The predicted octanol–water partition coefficient (Wildman–Crippen LogP) is 2.26. The average Bonchev–Trinajstić information content (AvgIpc) is 2.31. The van der Waals surface area contributed by atoms with Crippen LogP contribution in [-0.4, -0.2) is 4.98 Å². The zero-order valence-electron chi connectivity index (χ0n) is 8.53. The quantitative estimate of drug-likeness (QED) is 0.441. The van der Waals surface area contributed by atoms with E-state index in [0.717, 1.165) is 10.8 Å². The molecule has 3 N–H and O–H groups in total. The number of hydrogen-bond acceptors (Lipinski definition) is 2. The van der Waals surface area contributed by atoms with Gasteiger partial charge in [0.25, 0.3) is 5.56 Å². The zero-order chi connectivity index (χ0) is 11.1. The third-order valence-electron chi connectivity index (χ3n) is 2.80. The standard InChI is InChI=1S/C13H10N2O/c14-11-7-3-6-9-8-4-1-2-5-10(8)13(16)15-12(9)11/h1-7H,14H2,(H,15,16). The van der Waals surface area contributed by atoms with Crippen molar-refractivity contribution in [2.75, 3.05) is 5.73 Å². The monoisotopic (exact) mass is 210 g/mol. The van der Waals surface area contributed by atoms with Crippen molar-refractivity contribution in [2.24, 2.45) is 0 Å². The first-order valence-electron chi connectivity index (χ1n) is 5.06. The fourth-order valence-corrected chi connectivity index (χ4v) is 2.03. The SMILES string of the molecule is Nc1cccc2c1[nH]c(=O)c1ccccc12. The summed E-state index contributed by atoms with van der Waals surface area (Å²) in [6.45, 7) is 0. The van der Waals surface area contributed by atoms with E-state index in [9.17, 15) is 4.79 Å². The number of hydrogen-bond donors (Lipinski definition) is 2. The van der Waals surface area contributed by atoms with Gasteiger partial charge in [-0.25, -0.2) is 0 Å². The third-order valence-corrected chi connectivity index (χ3v) is 2.80. The summed E-state index contributed by atoms with van der Waals surface area (Å²) in [6, 6.07) is 13.2. The highest BCUT2D eigenvalue weighted by molar-refractivity contribution is 6.08. The van der Waals surface area contributed by atoms with Gasteiger partial charge in [0.2, 0.25) is 0 Å². The van der Waals surface area contributed by atoms with Gasteiger partial charge in [-0.3, -0.25) is 4.79 Å². The Morgan fingerprint density at radius 3 is 2.38 bits per heavy atom. The topological polar surface area (TPSA) is 58.9 Å². The number of pyridine rings is 1. The van der Waals surface area contributed by atoms with Gasteiger partial charge in [-0.05, 0) is 17.5 Å². The van der Waals surface area contributed by atoms with Crippen LogP contribution >= 0.6 is 0 Å². The van der Waals surface area contributed by atoms with E-state index >= 15 is 0 Å². The minimum absolute atomic E-state index is 0.0963. The fraction of sp³-hybridized carbons (Fsp3) is 0. The second-order valence-electron chi connectivity index (χ2n) is 3.77. The van der Waals surface area contributed by atoms with E-state index in [2.05, 4.69) is 4.98 Å². The Balaban J connectivity index is 2.70. The van der Waals surface area contributed by atoms with Crippen LogP contribution in [0, 0.1) is 0 Å². The molecule has 78 valence electrons. The number of anilines is 1. The first-order chi connectivity index (χ1) is 7.77. The molecule has 16 heavy (non-hydrogen) atoms. The van der Waals surface area contributed by atoms with Crippen molar-refractivity contribution in [3.63, 3.8) is 0 Å². The Hall–Kier alpha value is -2.29. The van der Waals surface area contributed by atoms with Gasteiger partial charge < -0.3 is 10.7 Å². The van der Waals surface area contributed by atoms with Crippen LogP contribution in [-0.2, 0) is 0 Å². The zero-order valence-corrected chi connectivity index (χ0v) is 8.53. The molecule has 0 saturated carbocycles. The molecule has 1 aromatic heterocycles. The molecule has 0 aliphatic rings. The van der Waals surface area contributed by atoms with Crippen LogP contribution in [0.3, 0.4) is 0 Å². The van der Waals surface area contributed by atoms with E-state index in [0.29, 0.717) is 16.6 Å². The molecule has 0 radical (unpaired) electrons. The molecule has 3 rings (SSSR count). The summed E-state index contributed by atoms with van der Waals surface area (Å²) in [5, 5.41) is 2.62. The van der Waals surface area contributed by atoms with Crippen LogP contribution < -0.4 is 11.3 Å². The number of benzene rings is 2. The van der Waals surface area contributed by atoms with Gasteiger partial charge in [-0.1, -0.05) is 30.3 Å². The fourth-order valence-electron chi connectivity index (χ4n) is 2.03. The summed E-state index contributed by atoms with van der Waals surface area (Å²) in [5.41, 5.74) is 7.06. The van der Waals surface area contributed by atoms with E-state index in [1.165, 1.54) is 0 Å². The summed E-state index contributed by atoms with van der Waals surface area (Å²) in [6.07, 6.45) is 0. The number of nitrogens with one attached hydrogen (secondary N) is 1. The van der Waals surface area contributed by atoms with Crippen molar-refractivity contribution < 1.29 is 0 Å². The molecule has 0 saturated heterocycles. The predicted molar refractivity (Wildman–Crippen MR) is 66.5 cm³/mol. The second kappa shape index (κ2) is 3.10. The maximum atomic E-state index is 11.8. The smallest absolute Gasteiger partial charge is 0.256 e. The van der Waals surface area contributed by atoms with E-state index < -0.39 is 0 Å². The Bertz CT molecular complexity index is 744. The minimum Gasteiger partial charge on any atom is -0.397 e. The molecule has 0 amide bonds. The summed E-state index contributed by atoms with van der Waals surface area (Å²) in [5.74, 6) is 0. The Morgan fingerprint density at radius 2 is 1.56 bits per heavy atom. The molecule has 3 nitrogen and oxygen atoms in total. The maximum absolute atomic E-state index is 11.8. The number of nitrogen functional groups attached to an aromatic ring is 1. The van der Waals surface area contributed by atoms with E-state index in [-0.39, 0.29) is 5.56 Å². The second-order valence-corrected chi connectivity index (χ2v) is 3.77. The molecule has 0 aliphatic heterocycles. The number of aromatic amines is 1. The number of aromatic nitrogens is 1. The molecule has 0 bridgehead atoms. The van der Waals surface area contributed by atoms with Crippen LogP contribution in [0.5, 0.6) is 0 Å². The highest BCUT2D eigenvalue weighted by atomic mass is 16.1. The first kappa shape index (κ1) is 8.97. The molecule has 0 aliphatic carbocycles. The van der Waals surface area contributed by atoms with E-state index in [4.69, 9.17) is 5.73 Å². The molecular weight excluding hydrogens is 200 g/mol. The van der Waals surface area contributed by atoms with Crippen molar-refractivity contribution in [3.8, 4) is 0 Å². The summed E-state index contributed by atoms with van der Waals surface area (Å²) in [7, 11) is 0. The molecule has 0 spiro atoms. The third kappa shape index (κ3) is 1.11.